The van der Waals surface area contributed by atoms with Crippen molar-refractivity contribution in [2.45, 2.75) is 0 Å². The van der Waals surface area contributed by atoms with E-state index in [-0.39, 0.29) is 0 Å². The van der Waals surface area contributed by atoms with Crippen LogP contribution in [0.25, 0.3) is 10.9 Å². The van der Waals surface area contributed by atoms with Gasteiger partial charge in [0.1, 0.15) is 12.1 Å². The Morgan fingerprint density at radius 2 is 1.85 bits per heavy atom. The number of aromatic nitrogens is 3. The summed E-state index contributed by atoms with van der Waals surface area (Å²) in [5.74, 6) is -0.0298. The van der Waals surface area contributed by atoms with Gasteiger partial charge in [0.2, 0.25) is 5.95 Å². The van der Waals surface area contributed by atoms with Crippen LogP contribution in [0.2, 0.25) is 0 Å². The summed E-state index contributed by atoms with van der Waals surface area (Å²) in [6.07, 6.45) is 2.80. The van der Waals surface area contributed by atoms with Gasteiger partial charge in [-0.15, -0.1) is 0 Å². The average Bonchev–Trinajstić information content (AvgIpc) is 2.44. The Hall–Kier alpha value is -1.60. The highest BCUT2D eigenvalue weighted by atomic mass is 79.9. The molecule has 0 aliphatic heterocycles. The monoisotopic (exact) mass is 396 g/mol. The Morgan fingerprint density at radius 1 is 1.00 bits per heavy atom. The van der Waals surface area contributed by atoms with Crippen LogP contribution in [0.5, 0.6) is 0 Å². The zero-order chi connectivity index (χ0) is 14.1. The van der Waals surface area contributed by atoms with Crippen LogP contribution in [-0.4, -0.2) is 15.0 Å². The van der Waals surface area contributed by atoms with Crippen LogP contribution >= 0.6 is 31.9 Å². The van der Waals surface area contributed by atoms with Crippen LogP contribution in [0.15, 0.2) is 45.7 Å². The lowest BCUT2D eigenvalue weighted by atomic mass is 10.2. The molecule has 0 saturated carbocycles. The minimum atomic E-state index is -0.563. The normalized spacial score (nSPS) is 10.8. The van der Waals surface area contributed by atoms with Crippen molar-refractivity contribution < 1.29 is 4.39 Å². The summed E-state index contributed by atoms with van der Waals surface area (Å²) in [6, 6.07) is 7.00. The topological polar surface area (TPSA) is 50.7 Å². The molecule has 100 valence electrons. The summed E-state index contributed by atoms with van der Waals surface area (Å²) in [5, 5.41) is 3.73. The molecule has 0 atom stereocenters. The highest BCUT2D eigenvalue weighted by molar-refractivity contribution is 9.13. The van der Waals surface area contributed by atoms with Crippen molar-refractivity contribution in [3.63, 3.8) is 0 Å². The van der Waals surface area contributed by atoms with Gasteiger partial charge in [0.25, 0.3) is 0 Å². The molecular formula is C13H7Br2FN4. The Labute approximate surface area is 130 Å². The third-order valence-electron chi connectivity index (χ3n) is 2.67. The molecule has 3 rings (SSSR count). The molecule has 1 aromatic carbocycles. The summed E-state index contributed by atoms with van der Waals surface area (Å²) < 4.78 is 15.1. The van der Waals surface area contributed by atoms with Gasteiger partial charge in [-0.1, -0.05) is 0 Å². The summed E-state index contributed by atoms with van der Waals surface area (Å²) in [6.45, 7) is 0. The second kappa shape index (κ2) is 5.41. The molecule has 20 heavy (non-hydrogen) atoms. The highest BCUT2D eigenvalue weighted by Gasteiger charge is 2.07. The Bertz CT molecular complexity index is 794. The molecule has 0 aliphatic rings. The quantitative estimate of drug-likeness (QED) is 0.649. The van der Waals surface area contributed by atoms with E-state index in [1.165, 1.54) is 18.6 Å². The van der Waals surface area contributed by atoms with E-state index in [9.17, 15) is 4.39 Å². The molecule has 0 fully saturated rings. The van der Waals surface area contributed by atoms with Gasteiger partial charge in [-0.3, -0.25) is 0 Å². The molecule has 7 heteroatoms. The fourth-order valence-electron chi connectivity index (χ4n) is 1.74. The van der Waals surface area contributed by atoms with Crippen molar-refractivity contribution in [3.05, 3.63) is 51.7 Å². The van der Waals surface area contributed by atoms with E-state index in [2.05, 4.69) is 52.1 Å². The summed E-state index contributed by atoms with van der Waals surface area (Å²) in [7, 11) is 0. The maximum Gasteiger partial charge on any atom is 0.213 e. The van der Waals surface area contributed by atoms with Gasteiger partial charge in [-0.25, -0.2) is 15.0 Å². The first-order chi connectivity index (χ1) is 9.63. The molecule has 0 unspecified atom stereocenters. The number of benzene rings is 1. The van der Waals surface area contributed by atoms with Gasteiger partial charge in [0.05, 0.1) is 11.7 Å². The zero-order valence-electron chi connectivity index (χ0n) is 9.94. The van der Waals surface area contributed by atoms with E-state index in [4.69, 9.17) is 0 Å². The number of nitrogens with one attached hydrogen (secondary N) is 1. The number of hydrogen-bond donors (Lipinski definition) is 1. The van der Waals surface area contributed by atoms with Crippen molar-refractivity contribution >= 4 is 54.3 Å². The highest BCUT2D eigenvalue weighted by Crippen LogP contribution is 2.29. The zero-order valence-corrected chi connectivity index (χ0v) is 13.1. The second-order valence-electron chi connectivity index (χ2n) is 4.00. The van der Waals surface area contributed by atoms with E-state index in [1.54, 1.807) is 0 Å². The predicted molar refractivity (Wildman–Crippen MR) is 82.4 cm³/mol. The van der Waals surface area contributed by atoms with E-state index in [1.807, 2.05) is 18.2 Å². The average molecular weight is 398 g/mol. The van der Waals surface area contributed by atoms with Crippen LogP contribution in [0.1, 0.15) is 0 Å². The molecule has 0 bridgehead atoms. The van der Waals surface area contributed by atoms with Crippen LogP contribution in [0, 0.1) is 5.95 Å². The number of rotatable bonds is 2. The lowest BCUT2D eigenvalue weighted by Gasteiger charge is -2.09. The maximum absolute atomic E-state index is 13.3. The lowest BCUT2D eigenvalue weighted by molar-refractivity contribution is 0.586. The van der Waals surface area contributed by atoms with E-state index in [0.29, 0.717) is 16.7 Å². The predicted octanol–water partition coefficient (Wildman–Crippen LogP) is 4.43. The smallest absolute Gasteiger partial charge is 0.213 e. The first-order valence-corrected chi connectivity index (χ1v) is 7.20. The number of hydrogen-bond acceptors (Lipinski definition) is 4. The number of halogens is 3. The summed E-state index contributed by atoms with van der Waals surface area (Å²) >= 11 is 6.84. The lowest BCUT2D eigenvalue weighted by Crippen LogP contribution is -1.97. The van der Waals surface area contributed by atoms with Crippen LogP contribution < -0.4 is 5.32 Å². The fraction of sp³-hybridized carbons (Fsp3) is 0. The third kappa shape index (κ3) is 2.64. The first-order valence-electron chi connectivity index (χ1n) is 5.62. The first kappa shape index (κ1) is 13.4. The maximum atomic E-state index is 13.3. The van der Waals surface area contributed by atoms with Gasteiger partial charge in [0.15, 0.2) is 0 Å². The van der Waals surface area contributed by atoms with Gasteiger partial charge >= 0.3 is 0 Å². The van der Waals surface area contributed by atoms with Crippen molar-refractivity contribution in [1.82, 2.24) is 15.0 Å². The van der Waals surface area contributed by atoms with Gasteiger partial charge in [0, 0.05) is 26.1 Å². The standard InChI is InChI=1S/C13H7Br2FN4/c14-9-2-1-7(3-10(9)15)20-13-8-4-12(16)17-5-11(8)18-6-19-13/h1-6H,(H,18,19,20). The van der Waals surface area contributed by atoms with E-state index in [0.717, 1.165) is 14.6 Å². The molecule has 0 spiro atoms. The molecule has 0 radical (unpaired) electrons. The molecule has 2 heterocycles. The number of anilines is 2. The SMILES string of the molecule is Fc1cc2c(Nc3ccc(Br)c(Br)c3)ncnc2cn1. The summed E-state index contributed by atoms with van der Waals surface area (Å²) in [5.41, 5.74) is 1.41. The Balaban J connectivity index is 2.05. The number of pyridine rings is 1. The van der Waals surface area contributed by atoms with E-state index < -0.39 is 5.95 Å². The Morgan fingerprint density at radius 3 is 2.65 bits per heavy atom. The van der Waals surface area contributed by atoms with Gasteiger partial charge < -0.3 is 5.32 Å². The van der Waals surface area contributed by atoms with Gasteiger partial charge in [-0.2, -0.15) is 4.39 Å². The van der Waals surface area contributed by atoms with Crippen molar-refractivity contribution in [2.75, 3.05) is 5.32 Å². The third-order valence-corrected chi connectivity index (χ3v) is 4.55. The van der Waals surface area contributed by atoms with Crippen LogP contribution in [-0.2, 0) is 0 Å². The number of fused-ring (bicyclic) bond motifs is 1. The van der Waals surface area contributed by atoms with Crippen molar-refractivity contribution in [3.8, 4) is 0 Å². The van der Waals surface area contributed by atoms with Crippen molar-refractivity contribution in [2.24, 2.45) is 0 Å². The molecule has 4 nitrogen and oxygen atoms in total. The molecule has 0 aliphatic carbocycles. The molecule has 0 saturated heterocycles. The fourth-order valence-corrected chi connectivity index (χ4v) is 2.37. The molecule has 0 amide bonds. The molecule has 3 aromatic rings. The Kier molecular flexibility index (Phi) is 3.62. The van der Waals surface area contributed by atoms with E-state index >= 15 is 0 Å². The molecule has 1 N–H and O–H groups in total. The minimum Gasteiger partial charge on any atom is -0.340 e. The second-order valence-corrected chi connectivity index (χ2v) is 5.71. The molecular weight excluding hydrogens is 391 g/mol. The molecule has 2 aromatic heterocycles. The summed E-state index contributed by atoms with van der Waals surface area (Å²) in [4.78, 5) is 11.8. The number of nitrogens with zero attached hydrogens (tertiary/aromatic N) is 3. The van der Waals surface area contributed by atoms with Crippen LogP contribution in [0.3, 0.4) is 0 Å². The minimum absolute atomic E-state index is 0.533. The van der Waals surface area contributed by atoms with Crippen molar-refractivity contribution in [1.29, 1.82) is 0 Å². The van der Waals surface area contributed by atoms with Gasteiger partial charge in [-0.05, 0) is 50.1 Å². The largest absolute Gasteiger partial charge is 0.340 e. The van der Waals surface area contributed by atoms with Crippen LogP contribution in [0.4, 0.5) is 15.9 Å².